The minimum atomic E-state index is -0.298. The van der Waals surface area contributed by atoms with Gasteiger partial charge in [0.1, 0.15) is 5.82 Å². The van der Waals surface area contributed by atoms with Crippen molar-refractivity contribution < 1.29 is 9.18 Å². The number of hydrogen-bond acceptors (Lipinski definition) is 3. The molecule has 0 aliphatic heterocycles. The molecule has 7 nitrogen and oxygen atoms in total. The van der Waals surface area contributed by atoms with E-state index in [1.54, 1.807) is 19.3 Å². The first kappa shape index (κ1) is 17.4. The number of fused-ring (bicyclic) bond motifs is 1. The summed E-state index contributed by atoms with van der Waals surface area (Å²) in [5, 5.41) is 10.1. The summed E-state index contributed by atoms with van der Waals surface area (Å²) in [6.07, 6.45) is 3.71. The van der Waals surface area contributed by atoms with E-state index in [9.17, 15) is 9.18 Å². The molecule has 0 bridgehead atoms. The van der Waals surface area contributed by atoms with Gasteiger partial charge in [-0.15, -0.1) is 0 Å². The highest BCUT2D eigenvalue weighted by molar-refractivity contribution is 5.97. The molecule has 8 heteroatoms. The van der Waals surface area contributed by atoms with Gasteiger partial charge in [0.05, 0.1) is 16.7 Å². The van der Waals surface area contributed by atoms with E-state index < -0.39 is 0 Å². The molecule has 1 aliphatic carbocycles. The molecular weight excluding hydrogens is 371 g/mol. The minimum Gasteiger partial charge on any atom is -0.336 e. The topological polar surface area (TPSA) is 89.7 Å². The number of hydrogen-bond donors (Lipinski definition) is 3. The van der Waals surface area contributed by atoms with E-state index >= 15 is 0 Å². The van der Waals surface area contributed by atoms with Gasteiger partial charge in [0.2, 0.25) is 0 Å². The summed E-state index contributed by atoms with van der Waals surface area (Å²) in [6.45, 7) is 0. The van der Waals surface area contributed by atoms with Gasteiger partial charge < -0.3 is 10.3 Å². The summed E-state index contributed by atoms with van der Waals surface area (Å²) < 4.78 is 13.7. The normalized spacial score (nSPS) is 13.6. The molecule has 1 aliphatic rings. The van der Waals surface area contributed by atoms with Crippen molar-refractivity contribution in [1.82, 2.24) is 25.5 Å². The predicted octanol–water partition coefficient (Wildman–Crippen LogP) is 4.07. The van der Waals surface area contributed by atoms with Crippen molar-refractivity contribution in [3.8, 4) is 22.6 Å². The standard InChI is InChI=1S/C21H19FN6O/c1-28(21(29)24-14-8-9-14)17-11-23-27-19(17)20-25-16-7-3-6-15(18(16)26-20)12-4-2-5-13(22)10-12/h2-7,10-11,14H,8-9H2,1H3,(H,23,27)(H,24,29)(H,25,26). The Balaban J connectivity index is 1.55. The Morgan fingerprint density at radius 3 is 2.86 bits per heavy atom. The molecule has 1 saturated carbocycles. The SMILES string of the molecule is CN(C(=O)NC1CC1)c1c[nH]nc1-c1nc2c(-c3cccc(F)c3)cccc2[nH]1. The summed E-state index contributed by atoms with van der Waals surface area (Å²) >= 11 is 0. The van der Waals surface area contributed by atoms with Gasteiger partial charge in [-0.2, -0.15) is 5.10 Å². The Morgan fingerprint density at radius 1 is 1.24 bits per heavy atom. The zero-order valence-corrected chi connectivity index (χ0v) is 15.7. The molecule has 146 valence electrons. The molecule has 5 rings (SSSR count). The lowest BCUT2D eigenvalue weighted by atomic mass is 10.0. The van der Waals surface area contributed by atoms with Crippen LogP contribution < -0.4 is 10.2 Å². The van der Waals surface area contributed by atoms with Gasteiger partial charge in [-0.1, -0.05) is 24.3 Å². The third kappa shape index (κ3) is 3.22. The molecule has 3 N–H and O–H groups in total. The van der Waals surface area contributed by atoms with Crippen LogP contribution in [0.5, 0.6) is 0 Å². The highest BCUT2D eigenvalue weighted by Gasteiger charge is 2.27. The smallest absolute Gasteiger partial charge is 0.321 e. The average molecular weight is 390 g/mol. The van der Waals surface area contributed by atoms with Crippen LogP contribution >= 0.6 is 0 Å². The van der Waals surface area contributed by atoms with E-state index in [1.165, 1.54) is 17.0 Å². The third-order valence-electron chi connectivity index (χ3n) is 5.06. The molecular formula is C21H19FN6O. The Kier molecular flexibility index (Phi) is 4.04. The zero-order chi connectivity index (χ0) is 20.0. The lowest BCUT2D eigenvalue weighted by Crippen LogP contribution is -2.38. The number of aromatic nitrogens is 4. The number of para-hydroxylation sites is 1. The van der Waals surface area contributed by atoms with Crippen LogP contribution in [0.25, 0.3) is 33.7 Å². The summed E-state index contributed by atoms with van der Waals surface area (Å²) in [6, 6.07) is 12.2. The maximum atomic E-state index is 13.7. The summed E-state index contributed by atoms with van der Waals surface area (Å²) in [7, 11) is 1.70. The van der Waals surface area contributed by atoms with Gasteiger partial charge >= 0.3 is 6.03 Å². The summed E-state index contributed by atoms with van der Waals surface area (Å²) in [5.74, 6) is 0.235. The van der Waals surface area contributed by atoms with Gasteiger partial charge in [-0.05, 0) is 36.6 Å². The van der Waals surface area contributed by atoms with Crippen LogP contribution in [-0.2, 0) is 0 Å². The first-order valence-electron chi connectivity index (χ1n) is 9.43. The van der Waals surface area contributed by atoms with Crippen molar-refractivity contribution in [2.24, 2.45) is 0 Å². The maximum Gasteiger partial charge on any atom is 0.321 e. The van der Waals surface area contributed by atoms with Gasteiger partial charge in [0, 0.05) is 24.8 Å². The second-order valence-corrected chi connectivity index (χ2v) is 7.20. The molecule has 4 aromatic rings. The largest absolute Gasteiger partial charge is 0.336 e. The van der Waals surface area contributed by atoms with Gasteiger partial charge in [0.15, 0.2) is 11.5 Å². The van der Waals surface area contributed by atoms with Crippen molar-refractivity contribution in [2.75, 3.05) is 11.9 Å². The number of aromatic amines is 2. The first-order valence-corrected chi connectivity index (χ1v) is 9.43. The second kappa shape index (κ2) is 6.73. The molecule has 29 heavy (non-hydrogen) atoms. The Hall–Kier alpha value is -3.68. The quantitative estimate of drug-likeness (QED) is 0.491. The van der Waals surface area contributed by atoms with Crippen molar-refractivity contribution in [2.45, 2.75) is 18.9 Å². The number of nitrogens with zero attached hydrogens (tertiary/aromatic N) is 3. The van der Waals surface area contributed by atoms with Crippen LogP contribution in [0.2, 0.25) is 0 Å². The molecule has 0 radical (unpaired) electrons. The van der Waals surface area contributed by atoms with E-state index in [0.717, 1.165) is 29.5 Å². The van der Waals surface area contributed by atoms with Crippen LogP contribution in [0.1, 0.15) is 12.8 Å². The number of H-pyrrole nitrogens is 2. The van der Waals surface area contributed by atoms with Crippen LogP contribution in [-0.4, -0.2) is 39.3 Å². The molecule has 0 saturated heterocycles. The number of rotatable bonds is 4. The fraction of sp³-hybridized carbons (Fsp3) is 0.190. The van der Waals surface area contributed by atoms with Gasteiger partial charge in [-0.3, -0.25) is 10.00 Å². The van der Waals surface area contributed by atoms with E-state index in [1.807, 2.05) is 24.3 Å². The summed E-state index contributed by atoms with van der Waals surface area (Å²) in [5.41, 5.74) is 4.25. The fourth-order valence-electron chi connectivity index (χ4n) is 3.36. The van der Waals surface area contributed by atoms with Crippen LogP contribution in [0.4, 0.5) is 14.9 Å². The molecule has 2 aromatic carbocycles. The number of nitrogens with one attached hydrogen (secondary N) is 3. The molecule has 2 aromatic heterocycles. The number of carbonyl (C=O) groups is 1. The number of urea groups is 1. The molecule has 2 amide bonds. The lowest BCUT2D eigenvalue weighted by Gasteiger charge is -2.16. The van der Waals surface area contributed by atoms with Crippen LogP contribution in [0.3, 0.4) is 0 Å². The molecule has 1 fully saturated rings. The predicted molar refractivity (Wildman–Crippen MR) is 109 cm³/mol. The Morgan fingerprint density at radius 2 is 2.07 bits per heavy atom. The fourth-order valence-corrected chi connectivity index (χ4v) is 3.36. The van der Waals surface area contributed by atoms with E-state index in [2.05, 4.69) is 20.5 Å². The Labute approximate surface area is 166 Å². The monoisotopic (exact) mass is 390 g/mol. The molecule has 0 unspecified atom stereocenters. The van der Waals surface area contributed by atoms with E-state index in [0.29, 0.717) is 22.7 Å². The first-order chi connectivity index (χ1) is 14.1. The number of imidazole rings is 1. The van der Waals surface area contributed by atoms with E-state index in [4.69, 9.17) is 4.98 Å². The van der Waals surface area contributed by atoms with Crippen LogP contribution in [0.15, 0.2) is 48.7 Å². The van der Waals surface area contributed by atoms with Gasteiger partial charge in [0.25, 0.3) is 0 Å². The maximum absolute atomic E-state index is 13.7. The van der Waals surface area contributed by atoms with Crippen molar-refractivity contribution in [1.29, 1.82) is 0 Å². The van der Waals surface area contributed by atoms with Crippen molar-refractivity contribution in [3.63, 3.8) is 0 Å². The second-order valence-electron chi connectivity index (χ2n) is 7.20. The van der Waals surface area contributed by atoms with Crippen molar-refractivity contribution in [3.05, 3.63) is 54.5 Å². The number of anilines is 1. The van der Waals surface area contributed by atoms with E-state index in [-0.39, 0.29) is 17.9 Å². The number of benzene rings is 2. The van der Waals surface area contributed by atoms with Gasteiger partial charge in [-0.25, -0.2) is 14.2 Å². The summed E-state index contributed by atoms with van der Waals surface area (Å²) in [4.78, 5) is 21.9. The molecule has 0 atom stereocenters. The molecule has 2 heterocycles. The lowest BCUT2D eigenvalue weighted by molar-refractivity contribution is 0.247. The van der Waals surface area contributed by atoms with Crippen LogP contribution in [0, 0.1) is 5.82 Å². The number of amides is 2. The average Bonchev–Trinajstić information content (AvgIpc) is 3.23. The minimum absolute atomic E-state index is 0.174. The third-order valence-corrected chi connectivity index (χ3v) is 5.06. The Bertz CT molecular complexity index is 1210. The number of halogens is 1. The van der Waals surface area contributed by atoms with Crippen molar-refractivity contribution >= 4 is 22.8 Å². The highest BCUT2D eigenvalue weighted by atomic mass is 19.1. The number of carbonyl (C=O) groups excluding carboxylic acids is 1. The molecule has 0 spiro atoms. The zero-order valence-electron chi connectivity index (χ0n) is 15.7. The highest BCUT2D eigenvalue weighted by Crippen LogP contribution is 2.32.